The topological polar surface area (TPSA) is 73.2 Å². The second-order valence-electron chi connectivity index (χ2n) is 7.66. The third-order valence-electron chi connectivity index (χ3n) is 5.78. The van der Waals surface area contributed by atoms with Crippen molar-refractivity contribution in [1.82, 2.24) is 9.97 Å². The van der Waals surface area contributed by atoms with Crippen LogP contribution in [0.5, 0.6) is 17.5 Å². The predicted molar refractivity (Wildman–Crippen MR) is 112 cm³/mol. The smallest absolute Gasteiger partial charge is 0.300 e. The van der Waals surface area contributed by atoms with Crippen LogP contribution in [0.4, 0.5) is 0 Å². The highest BCUT2D eigenvalue weighted by atomic mass is 16.5. The molecule has 0 bridgehead atoms. The van der Waals surface area contributed by atoms with Gasteiger partial charge in [0.25, 0.3) is 6.01 Å². The predicted octanol–water partition coefficient (Wildman–Crippen LogP) is 5.28. The zero-order valence-corrected chi connectivity index (χ0v) is 16.3. The summed E-state index contributed by atoms with van der Waals surface area (Å²) < 4.78 is 11.8. The van der Waals surface area contributed by atoms with Gasteiger partial charge in [-0.25, -0.2) is 0 Å². The Labute approximate surface area is 166 Å². The molecule has 5 nitrogen and oxygen atoms in total. The molecule has 1 heterocycles. The van der Waals surface area contributed by atoms with Gasteiger partial charge >= 0.3 is 0 Å². The van der Waals surface area contributed by atoms with Crippen LogP contribution in [0, 0.1) is 11.8 Å². The van der Waals surface area contributed by atoms with Gasteiger partial charge in [-0.2, -0.15) is 4.98 Å². The van der Waals surface area contributed by atoms with E-state index >= 15 is 0 Å². The van der Waals surface area contributed by atoms with Crippen LogP contribution < -0.4 is 15.2 Å². The number of nitrogens with one attached hydrogen (secondary N) is 1. The van der Waals surface area contributed by atoms with Gasteiger partial charge in [-0.05, 0) is 61.2 Å². The van der Waals surface area contributed by atoms with E-state index in [0.717, 1.165) is 41.4 Å². The number of nitrogens with zero attached hydrogens (tertiary/aromatic N) is 1. The summed E-state index contributed by atoms with van der Waals surface area (Å²) in [4.78, 5) is 7.60. The number of nitrogens with two attached hydrogens (primary N) is 1. The van der Waals surface area contributed by atoms with Crippen molar-refractivity contribution in [3.63, 3.8) is 0 Å². The van der Waals surface area contributed by atoms with Gasteiger partial charge in [0.15, 0.2) is 0 Å². The number of rotatable bonds is 8. The van der Waals surface area contributed by atoms with Crippen molar-refractivity contribution >= 4 is 11.0 Å². The molecule has 3 aromatic rings. The van der Waals surface area contributed by atoms with Crippen LogP contribution in [-0.2, 0) is 0 Å². The molecule has 1 saturated carbocycles. The molecule has 3 N–H and O–H groups in total. The largest absolute Gasteiger partial charge is 0.494 e. The summed E-state index contributed by atoms with van der Waals surface area (Å²) in [6.45, 7) is 1.47. The SMILES string of the molecule is NCC(CCOc1ccc(Oc2nc3ccccc3[nH]2)cc1)C1CCCCC1. The van der Waals surface area contributed by atoms with Crippen LogP contribution in [-0.4, -0.2) is 23.1 Å². The first-order valence-electron chi connectivity index (χ1n) is 10.4. The summed E-state index contributed by atoms with van der Waals surface area (Å²) in [6.07, 6.45) is 7.78. The highest BCUT2D eigenvalue weighted by Gasteiger charge is 2.22. The van der Waals surface area contributed by atoms with Crippen molar-refractivity contribution in [2.45, 2.75) is 38.5 Å². The fraction of sp³-hybridized carbons (Fsp3) is 0.435. The summed E-state index contributed by atoms with van der Waals surface area (Å²) in [5.41, 5.74) is 7.88. The quantitative estimate of drug-likeness (QED) is 0.558. The molecule has 1 fully saturated rings. The van der Waals surface area contributed by atoms with E-state index in [9.17, 15) is 0 Å². The van der Waals surface area contributed by atoms with Crippen LogP contribution in [0.1, 0.15) is 38.5 Å². The number of para-hydroxylation sites is 2. The Bertz CT molecular complexity index is 836. The van der Waals surface area contributed by atoms with E-state index in [1.54, 1.807) is 0 Å². The van der Waals surface area contributed by atoms with Crippen LogP contribution in [0.25, 0.3) is 11.0 Å². The number of hydrogen-bond acceptors (Lipinski definition) is 4. The number of ether oxygens (including phenoxy) is 2. The maximum Gasteiger partial charge on any atom is 0.300 e. The molecule has 0 spiro atoms. The van der Waals surface area contributed by atoms with Crippen molar-refractivity contribution in [2.24, 2.45) is 17.6 Å². The van der Waals surface area contributed by atoms with Gasteiger partial charge in [0.05, 0.1) is 17.6 Å². The Balaban J connectivity index is 1.28. The first kappa shape index (κ1) is 18.8. The lowest BCUT2D eigenvalue weighted by Gasteiger charge is -2.29. The average molecular weight is 380 g/mol. The van der Waals surface area contributed by atoms with Crippen molar-refractivity contribution in [2.75, 3.05) is 13.2 Å². The van der Waals surface area contributed by atoms with E-state index in [-0.39, 0.29) is 0 Å². The molecule has 1 aliphatic rings. The van der Waals surface area contributed by atoms with Gasteiger partial charge in [0.1, 0.15) is 11.5 Å². The number of aromatic nitrogens is 2. The molecule has 1 atom stereocenters. The average Bonchev–Trinajstić information content (AvgIpc) is 3.15. The first-order chi connectivity index (χ1) is 13.8. The molecule has 0 aliphatic heterocycles. The lowest BCUT2D eigenvalue weighted by molar-refractivity contribution is 0.201. The van der Waals surface area contributed by atoms with E-state index in [0.29, 0.717) is 18.5 Å². The molecule has 4 rings (SSSR count). The number of aromatic amines is 1. The van der Waals surface area contributed by atoms with E-state index < -0.39 is 0 Å². The van der Waals surface area contributed by atoms with Crippen LogP contribution >= 0.6 is 0 Å². The van der Waals surface area contributed by atoms with Gasteiger partial charge in [-0.15, -0.1) is 0 Å². The molecule has 0 radical (unpaired) electrons. The molecule has 5 heteroatoms. The van der Waals surface area contributed by atoms with Crippen molar-refractivity contribution in [3.05, 3.63) is 48.5 Å². The summed E-state index contributed by atoms with van der Waals surface area (Å²) >= 11 is 0. The summed E-state index contributed by atoms with van der Waals surface area (Å²) in [5, 5.41) is 0. The minimum Gasteiger partial charge on any atom is -0.494 e. The maximum absolute atomic E-state index is 6.02. The van der Waals surface area contributed by atoms with E-state index in [1.165, 1.54) is 32.1 Å². The molecule has 0 amide bonds. The normalized spacial score (nSPS) is 16.2. The highest BCUT2D eigenvalue weighted by molar-refractivity contribution is 5.75. The Kier molecular flexibility index (Phi) is 6.12. The number of benzene rings is 2. The molecule has 1 aromatic heterocycles. The summed E-state index contributed by atoms with van der Waals surface area (Å²) in [5.74, 6) is 2.95. The Morgan fingerprint density at radius 1 is 1.00 bits per heavy atom. The van der Waals surface area contributed by atoms with E-state index in [4.69, 9.17) is 15.2 Å². The lowest BCUT2D eigenvalue weighted by atomic mass is 9.79. The molecule has 28 heavy (non-hydrogen) atoms. The summed E-state index contributed by atoms with van der Waals surface area (Å²) in [7, 11) is 0. The molecule has 1 aliphatic carbocycles. The molecular formula is C23H29N3O2. The van der Waals surface area contributed by atoms with Gasteiger partial charge in [0, 0.05) is 0 Å². The Hall–Kier alpha value is -2.53. The number of imidazole rings is 1. The fourth-order valence-corrected chi connectivity index (χ4v) is 4.17. The molecule has 1 unspecified atom stereocenters. The maximum atomic E-state index is 6.02. The van der Waals surface area contributed by atoms with Crippen molar-refractivity contribution < 1.29 is 9.47 Å². The highest BCUT2D eigenvalue weighted by Crippen LogP contribution is 2.31. The third kappa shape index (κ3) is 4.65. The monoisotopic (exact) mass is 379 g/mol. The van der Waals surface area contributed by atoms with Crippen LogP contribution in [0.2, 0.25) is 0 Å². The second-order valence-corrected chi connectivity index (χ2v) is 7.66. The van der Waals surface area contributed by atoms with Gasteiger partial charge in [-0.3, -0.25) is 0 Å². The van der Waals surface area contributed by atoms with E-state index in [1.807, 2.05) is 48.5 Å². The van der Waals surface area contributed by atoms with Crippen LogP contribution in [0.15, 0.2) is 48.5 Å². The third-order valence-corrected chi connectivity index (χ3v) is 5.78. The Morgan fingerprint density at radius 3 is 2.50 bits per heavy atom. The van der Waals surface area contributed by atoms with E-state index in [2.05, 4.69) is 9.97 Å². The Morgan fingerprint density at radius 2 is 1.75 bits per heavy atom. The molecule has 2 aromatic carbocycles. The number of hydrogen-bond donors (Lipinski definition) is 2. The first-order valence-corrected chi connectivity index (χ1v) is 10.4. The van der Waals surface area contributed by atoms with Crippen LogP contribution in [0.3, 0.4) is 0 Å². The molecule has 148 valence electrons. The summed E-state index contributed by atoms with van der Waals surface area (Å²) in [6, 6.07) is 16.1. The zero-order chi connectivity index (χ0) is 19.2. The minimum atomic E-state index is 0.494. The minimum absolute atomic E-state index is 0.494. The number of fused-ring (bicyclic) bond motifs is 1. The van der Waals surface area contributed by atoms with Crippen molar-refractivity contribution in [3.8, 4) is 17.5 Å². The van der Waals surface area contributed by atoms with Gasteiger partial charge < -0.3 is 20.2 Å². The molecule has 0 saturated heterocycles. The fourth-order valence-electron chi connectivity index (χ4n) is 4.17. The standard InChI is InChI=1S/C23H29N3O2/c24-16-18(17-6-2-1-3-7-17)14-15-27-19-10-12-20(13-11-19)28-23-25-21-8-4-5-9-22(21)26-23/h4-5,8-13,17-18H,1-3,6-7,14-16,24H2,(H,25,26). The number of H-pyrrole nitrogens is 1. The zero-order valence-electron chi connectivity index (χ0n) is 16.3. The van der Waals surface area contributed by atoms with Gasteiger partial charge in [0.2, 0.25) is 0 Å². The van der Waals surface area contributed by atoms with Crippen molar-refractivity contribution in [1.29, 1.82) is 0 Å². The lowest BCUT2D eigenvalue weighted by Crippen LogP contribution is -2.27. The van der Waals surface area contributed by atoms with Gasteiger partial charge in [-0.1, -0.05) is 44.2 Å². The molecular weight excluding hydrogens is 350 g/mol. The second kappa shape index (κ2) is 9.11.